The first kappa shape index (κ1) is 28.8. The second kappa shape index (κ2) is 10.9. The molecule has 0 aliphatic heterocycles. The van der Waals surface area contributed by atoms with Gasteiger partial charge in [-0.15, -0.1) is 0 Å². The van der Waals surface area contributed by atoms with Gasteiger partial charge in [-0.25, -0.2) is 9.18 Å². The number of allylic oxidation sites excluding steroid dienone is 5. The summed E-state index contributed by atoms with van der Waals surface area (Å²) in [5.74, 6) is -0.798. The normalized spacial score (nSPS) is 13.1. The number of alkyl halides is 3. The highest BCUT2D eigenvalue weighted by molar-refractivity contribution is 6.07. The summed E-state index contributed by atoms with van der Waals surface area (Å²) in [4.78, 5) is 13.7. The van der Waals surface area contributed by atoms with Gasteiger partial charge in [-0.2, -0.15) is 13.2 Å². The van der Waals surface area contributed by atoms with Crippen LogP contribution in [0.5, 0.6) is 0 Å². The number of rotatable bonds is 7. The summed E-state index contributed by atoms with van der Waals surface area (Å²) >= 11 is 0. The number of halogens is 4. The lowest BCUT2D eigenvalue weighted by molar-refractivity contribution is -0.137. The molecule has 38 heavy (non-hydrogen) atoms. The molecule has 0 bridgehead atoms. The van der Waals surface area contributed by atoms with Crippen LogP contribution in [0, 0.1) is 12.7 Å². The van der Waals surface area contributed by atoms with Crippen molar-refractivity contribution in [1.29, 1.82) is 0 Å². The van der Waals surface area contributed by atoms with E-state index in [4.69, 9.17) is 9.47 Å². The predicted octanol–water partition coefficient (Wildman–Crippen LogP) is 8.23. The van der Waals surface area contributed by atoms with Gasteiger partial charge in [0.2, 0.25) is 0 Å². The maximum Gasteiger partial charge on any atom is 0.416 e. The molecule has 4 nitrogen and oxygen atoms in total. The van der Waals surface area contributed by atoms with Crippen molar-refractivity contribution in [3.8, 4) is 0 Å². The monoisotopic (exact) mass is 529 g/mol. The zero-order valence-electron chi connectivity index (χ0n) is 22.3. The van der Waals surface area contributed by atoms with E-state index in [1.165, 1.54) is 25.3 Å². The standard InChI is InChI=1S/C30H31F4NO3/c1-8-9-12-22(19(3)37-7)26-23-16-21(30(32,33)34)14-15-25(23)35(27(26)28(36)38-29(4,5)6)17-20-11-10-13-24(31)18(20)2/h8-16H,1,17H2,2-7H3/b12-9-,22-19-. The van der Waals surface area contributed by atoms with Crippen molar-refractivity contribution in [3.05, 3.63) is 101 Å². The smallest absolute Gasteiger partial charge is 0.416 e. The lowest BCUT2D eigenvalue weighted by Gasteiger charge is -2.22. The molecule has 0 saturated carbocycles. The van der Waals surface area contributed by atoms with Crippen LogP contribution in [0.2, 0.25) is 0 Å². The number of methoxy groups -OCH3 is 1. The Morgan fingerprint density at radius 1 is 1.13 bits per heavy atom. The van der Waals surface area contributed by atoms with Crippen molar-refractivity contribution >= 4 is 22.4 Å². The van der Waals surface area contributed by atoms with Crippen molar-refractivity contribution in [1.82, 2.24) is 4.57 Å². The maximum absolute atomic E-state index is 14.4. The molecule has 0 fully saturated rings. The zero-order valence-corrected chi connectivity index (χ0v) is 22.3. The fourth-order valence-electron chi connectivity index (χ4n) is 4.15. The molecule has 8 heteroatoms. The minimum atomic E-state index is -4.62. The van der Waals surface area contributed by atoms with E-state index in [-0.39, 0.29) is 23.2 Å². The quantitative estimate of drug-likeness (QED) is 0.134. The average molecular weight is 530 g/mol. The number of ether oxygens (including phenoxy) is 2. The summed E-state index contributed by atoms with van der Waals surface area (Å²) in [5.41, 5.74) is 0.145. The third kappa shape index (κ3) is 6.01. The van der Waals surface area contributed by atoms with E-state index >= 15 is 0 Å². The average Bonchev–Trinajstić information content (AvgIpc) is 3.14. The summed E-state index contributed by atoms with van der Waals surface area (Å²) < 4.78 is 68.6. The van der Waals surface area contributed by atoms with E-state index in [9.17, 15) is 22.4 Å². The fraction of sp³-hybridized carbons (Fsp3) is 0.300. The Morgan fingerprint density at radius 3 is 2.39 bits per heavy atom. The number of fused-ring (bicyclic) bond motifs is 1. The van der Waals surface area contributed by atoms with Crippen LogP contribution in [0.15, 0.2) is 67.0 Å². The first-order valence-electron chi connectivity index (χ1n) is 11.9. The third-order valence-corrected chi connectivity index (χ3v) is 6.05. The molecule has 0 saturated heterocycles. The van der Waals surface area contributed by atoms with E-state index < -0.39 is 29.1 Å². The van der Waals surface area contributed by atoms with Crippen molar-refractivity contribution in [3.63, 3.8) is 0 Å². The van der Waals surface area contributed by atoms with Crippen molar-refractivity contribution in [2.45, 2.75) is 52.9 Å². The molecule has 0 spiro atoms. The fourth-order valence-corrected chi connectivity index (χ4v) is 4.15. The Labute approximate surface area is 219 Å². The first-order chi connectivity index (χ1) is 17.7. The largest absolute Gasteiger partial charge is 0.501 e. The van der Waals surface area contributed by atoms with Gasteiger partial charge in [-0.05, 0) is 70.0 Å². The molecule has 0 aliphatic carbocycles. The molecule has 2 aromatic carbocycles. The number of hydrogen-bond donors (Lipinski definition) is 0. The molecule has 0 unspecified atom stereocenters. The van der Waals surface area contributed by atoms with Crippen molar-refractivity contribution in [2.24, 2.45) is 0 Å². The Bertz CT molecular complexity index is 1440. The van der Waals surface area contributed by atoms with Crippen LogP contribution < -0.4 is 0 Å². The summed E-state index contributed by atoms with van der Waals surface area (Å²) in [6.45, 7) is 12.0. The van der Waals surface area contributed by atoms with E-state index in [0.717, 1.165) is 12.1 Å². The maximum atomic E-state index is 14.4. The van der Waals surface area contributed by atoms with E-state index in [2.05, 4.69) is 6.58 Å². The van der Waals surface area contributed by atoms with Gasteiger partial charge in [0.15, 0.2) is 0 Å². The lowest BCUT2D eigenvalue weighted by Crippen LogP contribution is -2.26. The highest BCUT2D eigenvalue weighted by Gasteiger charge is 2.34. The number of benzene rings is 2. The summed E-state index contributed by atoms with van der Waals surface area (Å²) in [5, 5.41) is 0.176. The molecule has 1 aromatic heterocycles. The predicted molar refractivity (Wildman–Crippen MR) is 141 cm³/mol. The number of carbonyl (C=O) groups excluding carboxylic acids is 1. The molecule has 0 atom stereocenters. The van der Waals surface area contributed by atoms with E-state index in [1.54, 1.807) is 63.5 Å². The Kier molecular flexibility index (Phi) is 8.24. The summed E-state index contributed by atoms with van der Waals surface area (Å²) in [6.07, 6.45) is 0.110. The highest BCUT2D eigenvalue weighted by atomic mass is 19.4. The van der Waals surface area contributed by atoms with Gasteiger partial charge in [0, 0.05) is 28.6 Å². The number of nitrogens with zero attached hydrogens (tertiary/aromatic N) is 1. The molecule has 3 rings (SSSR count). The number of carbonyl (C=O) groups is 1. The minimum Gasteiger partial charge on any atom is -0.501 e. The Balaban J connectivity index is 2.53. The van der Waals surface area contributed by atoms with Gasteiger partial charge in [-0.1, -0.05) is 36.9 Å². The third-order valence-electron chi connectivity index (χ3n) is 6.05. The SMILES string of the molecule is C=C/C=C\C(=C(/C)OC)c1c(C(=O)OC(C)(C)C)n(Cc2cccc(F)c2C)c2ccc(C(F)(F)F)cc12. The van der Waals surface area contributed by atoms with Gasteiger partial charge in [0.25, 0.3) is 0 Å². The molecule has 0 aliphatic rings. The van der Waals surface area contributed by atoms with Gasteiger partial charge in [0.05, 0.1) is 12.7 Å². The van der Waals surface area contributed by atoms with Gasteiger partial charge in [-0.3, -0.25) is 0 Å². The summed E-state index contributed by atoms with van der Waals surface area (Å²) in [7, 11) is 1.43. The highest BCUT2D eigenvalue weighted by Crippen LogP contribution is 2.39. The Hall–Kier alpha value is -3.81. The second-order valence-electron chi connectivity index (χ2n) is 9.83. The van der Waals surface area contributed by atoms with Crippen LogP contribution in [0.3, 0.4) is 0 Å². The molecule has 0 amide bonds. The first-order valence-corrected chi connectivity index (χ1v) is 11.9. The minimum absolute atomic E-state index is 0.0184. The second-order valence-corrected chi connectivity index (χ2v) is 9.83. The molecule has 1 heterocycles. The topological polar surface area (TPSA) is 40.5 Å². The van der Waals surface area contributed by atoms with Crippen LogP contribution in [0.1, 0.15) is 60.4 Å². The molecule has 0 N–H and O–H groups in total. The number of esters is 1. The molecule has 3 aromatic rings. The number of hydrogen-bond acceptors (Lipinski definition) is 3. The summed E-state index contributed by atoms with van der Waals surface area (Å²) in [6, 6.07) is 7.88. The van der Waals surface area contributed by atoms with Gasteiger partial charge < -0.3 is 14.0 Å². The zero-order chi connectivity index (χ0) is 28.4. The van der Waals surface area contributed by atoms with Crippen molar-refractivity contribution < 1.29 is 31.8 Å². The van der Waals surface area contributed by atoms with E-state index in [0.29, 0.717) is 28.0 Å². The van der Waals surface area contributed by atoms with Crippen LogP contribution in [-0.2, 0) is 22.2 Å². The van der Waals surface area contributed by atoms with E-state index in [1.807, 2.05) is 0 Å². The van der Waals surface area contributed by atoms with Gasteiger partial charge >= 0.3 is 12.1 Å². The van der Waals surface area contributed by atoms with Crippen LogP contribution >= 0.6 is 0 Å². The molecule has 202 valence electrons. The van der Waals surface area contributed by atoms with Gasteiger partial charge in [0.1, 0.15) is 22.9 Å². The number of aromatic nitrogens is 1. The Morgan fingerprint density at radius 2 is 1.82 bits per heavy atom. The van der Waals surface area contributed by atoms with Crippen LogP contribution in [-0.4, -0.2) is 23.2 Å². The van der Waals surface area contributed by atoms with Crippen molar-refractivity contribution in [2.75, 3.05) is 7.11 Å². The van der Waals surface area contributed by atoms with Crippen LogP contribution in [0.4, 0.5) is 17.6 Å². The van der Waals surface area contributed by atoms with Crippen LogP contribution in [0.25, 0.3) is 16.5 Å². The molecular formula is C30H31F4NO3. The molecule has 0 radical (unpaired) electrons. The molecular weight excluding hydrogens is 498 g/mol. The lowest BCUT2D eigenvalue weighted by atomic mass is 9.98.